The quantitative estimate of drug-likeness (QED) is 0.829. The fourth-order valence-corrected chi connectivity index (χ4v) is 3.21. The van der Waals surface area contributed by atoms with E-state index in [1.165, 1.54) is 4.90 Å². The molecule has 1 unspecified atom stereocenters. The van der Waals surface area contributed by atoms with Crippen LogP contribution in [0, 0.1) is 5.41 Å². The van der Waals surface area contributed by atoms with Crippen molar-refractivity contribution in [3.63, 3.8) is 0 Å². The smallest absolute Gasteiger partial charge is 0.410 e. The predicted octanol–water partition coefficient (Wildman–Crippen LogP) is 2.90. The molecule has 0 bridgehead atoms. The summed E-state index contributed by atoms with van der Waals surface area (Å²) in [5.41, 5.74) is -2.05. The molecule has 2 aliphatic rings. The van der Waals surface area contributed by atoms with Gasteiger partial charge in [-0.15, -0.1) is 0 Å². The van der Waals surface area contributed by atoms with Gasteiger partial charge in [0.25, 0.3) is 0 Å². The molecule has 1 atom stereocenters. The minimum absolute atomic E-state index is 0.0345. The monoisotopic (exact) mass is 349 g/mol. The number of amides is 1. The molecule has 2 fully saturated rings. The number of hydrogen-bond donors (Lipinski definition) is 1. The second kappa shape index (κ2) is 6.46. The first-order valence-corrected chi connectivity index (χ1v) is 8.16. The average Bonchev–Trinajstić information content (AvgIpc) is 2.45. The van der Waals surface area contributed by atoms with Crippen molar-refractivity contribution in [2.75, 3.05) is 19.7 Å². The number of rotatable bonds is 2. The van der Waals surface area contributed by atoms with Gasteiger partial charge in [0.2, 0.25) is 5.92 Å². The summed E-state index contributed by atoms with van der Waals surface area (Å²) < 4.78 is 37.8. The topological polar surface area (TPSA) is 76.1 Å². The Labute approximate surface area is 140 Å². The number of ether oxygens (including phenoxy) is 2. The van der Waals surface area contributed by atoms with Crippen molar-refractivity contribution in [2.45, 2.75) is 64.1 Å². The first-order valence-electron chi connectivity index (χ1n) is 8.16. The molecule has 1 aliphatic carbocycles. The maximum atomic E-state index is 13.5. The molecule has 1 aliphatic heterocycles. The van der Waals surface area contributed by atoms with Gasteiger partial charge in [-0.3, -0.25) is 4.79 Å². The minimum Gasteiger partial charge on any atom is -0.481 e. The van der Waals surface area contributed by atoms with Crippen molar-refractivity contribution in [3.8, 4) is 0 Å². The predicted molar refractivity (Wildman–Crippen MR) is 81.0 cm³/mol. The third-order valence-electron chi connectivity index (χ3n) is 4.63. The molecule has 0 radical (unpaired) electrons. The van der Waals surface area contributed by atoms with E-state index in [1.807, 2.05) is 0 Å². The third-order valence-corrected chi connectivity index (χ3v) is 4.63. The highest BCUT2D eigenvalue weighted by Crippen LogP contribution is 2.47. The van der Waals surface area contributed by atoms with Gasteiger partial charge in [-0.1, -0.05) is 0 Å². The van der Waals surface area contributed by atoms with E-state index in [2.05, 4.69) is 0 Å². The Hall–Kier alpha value is -1.44. The molecule has 138 valence electrons. The van der Waals surface area contributed by atoms with Gasteiger partial charge in [-0.25, -0.2) is 13.6 Å². The molecule has 6 nitrogen and oxygen atoms in total. The van der Waals surface area contributed by atoms with Crippen molar-refractivity contribution in [1.29, 1.82) is 0 Å². The Balaban J connectivity index is 2.11. The van der Waals surface area contributed by atoms with Crippen LogP contribution < -0.4 is 0 Å². The average molecular weight is 349 g/mol. The Kier molecular flexibility index (Phi) is 5.09. The molecule has 1 N–H and O–H groups in total. The number of hydrogen-bond acceptors (Lipinski definition) is 4. The Morgan fingerprint density at radius 2 is 1.79 bits per heavy atom. The highest BCUT2D eigenvalue weighted by molar-refractivity contribution is 5.76. The molecule has 24 heavy (non-hydrogen) atoms. The second-order valence-corrected chi connectivity index (χ2v) is 7.60. The van der Waals surface area contributed by atoms with Crippen LogP contribution in [0.25, 0.3) is 0 Å². The summed E-state index contributed by atoms with van der Waals surface area (Å²) >= 11 is 0. The zero-order chi connectivity index (χ0) is 18.2. The third kappa shape index (κ3) is 4.15. The number of nitrogens with zero attached hydrogens (tertiary/aromatic N) is 1. The molecule has 0 aromatic rings. The maximum Gasteiger partial charge on any atom is 0.410 e. The molecule has 0 spiro atoms. The van der Waals surface area contributed by atoms with Crippen LogP contribution >= 0.6 is 0 Å². The van der Waals surface area contributed by atoms with Crippen LogP contribution in [0.3, 0.4) is 0 Å². The largest absolute Gasteiger partial charge is 0.481 e. The Morgan fingerprint density at radius 1 is 1.21 bits per heavy atom. The van der Waals surface area contributed by atoms with E-state index >= 15 is 0 Å². The van der Waals surface area contributed by atoms with Crippen molar-refractivity contribution in [1.82, 2.24) is 4.90 Å². The molecule has 1 heterocycles. The fraction of sp³-hybridized carbons (Fsp3) is 0.875. The van der Waals surface area contributed by atoms with E-state index in [0.717, 1.165) is 0 Å². The van der Waals surface area contributed by atoms with Gasteiger partial charge in [0.05, 0.1) is 24.7 Å². The number of morpholine rings is 1. The Bertz CT molecular complexity index is 493. The first-order chi connectivity index (χ1) is 11.0. The van der Waals surface area contributed by atoms with Crippen molar-refractivity contribution in [2.24, 2.45) is 5.41 Å². The SMILES string of the molecule is CC(C)(C)OC(=O)N1CCOC(C2(C(=O)O)CCC(F)(F)CC2)C1. The summed E-state index contributed by atoms with van der Waals surface area (Å²) in [5, 5.41) is 9.66. The van der Waals surface area contributed by atoms with Gasteiger partial charge in [0, 0.05) is 19.4 Å². The summed E-state index contributed by atoms with van der Waals surface area (Å²) in [5.74, 6) is -3.98. The van der Waals surface area contributed by atoms with Crippen LogP contribution in [0.4, 0.5) is 13.6 Å². The molecular formula is C16H25F2NO5. The van der Waals surface area contributed by atoms with Crippen LogP contribution in [0.1, 0.15) is 46.5 Å². The lowest BCUT2D eigenvalue weighted by Gasteiger charge is -2.45. The van der Waals surface area contributed by atoms with E-state index < -0.39 is 47.9 Å². The first kappa shape index (κ1) is 18.9. The van der Waals surface area contributed by atoms with Crippen LogP contribution in [0.2, 0.25) is 0 Å². The minimum atomic E-state index is -2.83. The van der Waals surface area contributed by atoms with Crippen LogP contribution in [0.5, 0.6) is 0 Å². The number of halogens is 2. The molecule has 1 saturated carbocycles. The maximum absolute atomic E-state index is 13.5. The van der Waals surface area contributed by atoms with Crippen LogP contribution in [0.15, 0.2) is 0 Å². The van der Waals surface area contributed by atoms with Gasteiger partial charge in [-0.2, -0.15) is 0 Å². The summed E-state index contributed by atoms with van der Waals surface area (Å²) in [6.07, 6.45) is -2.65. The zero-order valence-corrected chi connectivity index (χ0v) is 14.3. The standard InChI is InChI=1S/C16H25F2NO5/c1-14(2,3)24-13(22)19-8-9-23-11(10-19)15(12(20)21)4-6-16(17,18)7-5-15/h11H,4-10H2,1-3H3,(H,20,21). The zero-order valence-electron chi connectivity index (χ0n) is 14.3. The number of carbonyl (C=O) groups excluding carboxylic acids is 1. The van der Waals surface area contributed by atoms with E-state index in [0.29, 0.717) is 0 Å². The summed E-state index contributed by atoms with van der Waals surface area (Å²) in [7, 11) is 0. The van der Waals surface area contributed by atoms with Crippen molar-refractivity contribution in [3.05, 3.63) is 0 Å². The molecular weight excluding hydrogens is 324 g/mol. The summed E-state index contributed by atoms with van der Waals surface area (Å²) in [4.78, 5) is 25.4. The number of carboxylic acid groups (broad SMARTS) is 1. The highest BCUT2D eigenvalue weighted by atomic mass is 19.3. The van der Waals surface area contributed by atoms with Crippen molar-refractivity contribution < 1.29 is 33.0 Å². The van der Waals surface area contributed by atoms with Crippen LogP contribution in [-0.4, -0.2) is 59.4 Å². The molecule has 8 heteroatoms. The molecule has 1 amide bonds. The van der Waals surface area contributed by atoms with Crippen LogP contribution in [-0.2, 0) is 14.3 Å². The normalized spacial score (nSPS) is 26.7. The van der Waals surface area contributed by atoms with Gasteiger partial charge in [0.1, 0.15) is 5.60 Å². The molecule has 0 aromatic carbocycles. The van der Waals surface area contributed by atoms with E-state index in [9.17, 15) is 23.5 Å². The van der Waals surface area contributed by atoms with Gasteiger partial charge in [0.15, 0.2) is 0 Å². The van der Waals surface area contributed by atoms with Gasteiger partial charge >= 0.3 is 12.1 Å². The summed E-state index contributed by atoms with van der Waals surface area (Å²) in [6, 6.07) is 0. The fourth-order valence-electron chi connectivity index (χ4n) is 3.21. The van der Waals surface area contributed by atoms with E-state index in [4.69, 9.17) is 9.47 Å². The number of carbonyl (C=O) groups is 2. The van der Waals surface area contributed by atoms with E-state index in [1.54, 1.807) is 20.8 Å². The number of aliphatic carboxylic acids is 1. The summed E-state index contributed by atoms with van der Waals surface area (Å²) in [6.45, 7) is 5.71. The lowest BCUT2D eigenvalue weighted by Crippen LogP contribution is -2.57. The van der Waals surface area contributed by atoms with E-state index in [-0.39, 0.29) is 32.5 Å². The molecule has 0 aromatic heterocycles. The van der Waals surface area contributed by atoms with Gasteiger partial charge in [-0.05, 0) is 33.6 Å². The lowest BCUT2D eigenvalue weighted by molar-refractivity contribution is -0.180. The van der Waals surface area contributed by atoms with Gasteiger partial charge < -0.3 is 19.5 Å². The molecule has 2 rings (SSSR count). The highest BCUT2D eigenvalue weighted by Gasteiger charge is 2.54. The van der Waals surface area contributed by atoms with Crippen molar-refractivity contribution >= 4 is 12.1 Å². The Morgan fingerprint density at radius 3 is 2.29 bits per heavy atom. The number of alkyl halides is 2. The molecule has 1 saturated heterocycles. The number of carboxylic acids is 1. The lowest BCUT2D eigenvalue weighted by atomic mass is 9.68. The second-order valence-electron chi connectivity index (χ2n) is 7.60.